The largest absolute Gasteiger partial charge is 0.374 e. The molecule has 9 atom stereocenters. The fraction of sp³-hybridized carbons (Fsp3) is 0.800. The summed E-state index contributed by atoms with van der Waals surface area (Å²) >= 11 is 0. The van der Waals surface area contributed by atoms with Crippen LogP contribution in [0.3, 0.4) is 0 Å². The van der Waals surface area contributed by atoms with Gasteiger partial charge in [-0.15, -0.1) is 6.58 Å². The van der Waals surface area contributed by atoms with Crippen molar-refractivity contribution in [2.45, 2.75) is 70.3 Å². The molecule has 0 amide bonds. The van der Waals surface area contributed by atoms with E-state index in [2.05, 4.69) is 25.7 Å². The van der Waals surface area contributed by atoms with E-state index in [-0.39, 0.29) is 5.60 Å². The topological polar surface area (TPSA) is 33.1 Å². The molecule has 0 bridgehead atoms. The number of nitrogens with one attached hydrogen (secondary N) is 1. The van der Waals surface area contributed by atoms with Crippen molar-refractivity contribution in [2.24, 2.45) is 46.8 Å². The number of hydrogen-bond acceptors (Lipinski definition) is 2. The smallest absolute Gasteiger partial charge is 0.0772 e. The van der Waals surface area contributed by atoms with Gasteiger partial charge in [0.25, 0.3) is 0 Å². The molecule has 0 aromatic rings. The van der Waals surface area contributed by atoms with Crippen molar-refractivity contribution >= 4 is 5.71 Å². The molecule has 4 saturated carbocycles. The van der Waals surface area contributed by atoms with E-state index in [1.54, 1.807) is 5.57 Å². The van der Waals surface area contributed by atoms with Crippen molar-refractivity contribution in [3.05, 3.63) is 24.3 Å². The summed E-state index contributed by atoms with van der Waals surface area (Å²) < 4.78 is 6.72. The summed E-state index contributed by atoms with van der Waals surface area (Å²) in [4.78, 5) is 0. The van der Waals surface area contributed by atoms with E-state index in [1.807, 2.05) is 0 Å². The van der Waals surface area contributed by atoms with Crippen molar-refractivity contribution in [1.29, 1.82) is 5.41 Å². The standard InChI is InChI=1S/C25H35NO/c1-3-15-12-16-13-17(26)6-7-18(16)19-8-10-24(4-2)23(22(15)19)20-14-21(20)25(24)9-5-11-27-25/h3,13,15,18-23,26H,1,4-12,14H2,2H3/t15?,18-,19?,20?,21?,22?,23?,24-,25-/m0/s1. The monoisotopic (exact) mass is 365 g/mol. The van der Waals surface area contributed by atoms with Gasteiger partial charge < -0.3 is 10.1 Å². The molecule has 1 saturated heterocycles. The Morgan fingerprint density at radius 1 is 1.30 bits per heavy atom. The number of allylic oxidation sites excluding steroid dienone is 3. The molecular weight excluding hydrogens is 330 g/mol. The molecule has 2 nitrogen and oxygen atoms in total. The highest BCUT2D eigenvalue weighted by Gasteiger charge is 2.78. The third-order valence-corrected chi connectivity index (χ3v) is 10.2. The van der Waals surface area contributed by atoms with Crippen molar-refractivity contribution < 1.29 is 4.74 Å². The quantitative estimate of drug-likeness (QED) is 0.618. The van der Waals surface area contributed by atoms with Crippen LogP contribution in [-0.4, -0.2) is 17.9 Å². The molecule has 1 N–H and O–H groups in total. The van der Waals surface area contributed by atoms with E-state index >= 15 is 0 Å². The fourth-order valence-electron chi connectivity index (χ4n) is 9.48. The molecule has 1 aliphatic heterocycles. The third-order valence-electron chi connectivity index (χ3n) is 10.2. The Morgan fingerprint density at radius 2 is 2.19 bits per heavy atom. The zero-order valence-corrected chi connectivity index (χ0v) is 16.9. The average Bonchev–Trinajstić information content (AvgIpc) is 3.26. The highest BCUT2D eigenvalue weighted by molar-refractivity contribution is 5.93. The van der Waals surface area contributed by atoms with Crippen LogP contribution >= 0.6 is 0 Å². The van der Waals surface area contributed by atoms with Crippen molar-refractivity contribution in [2.75, 3.05) is 6.61 Å². The summed E-state index contributed by atoms with van der Waals surface area (Å²) in [6.45, 7) is 7.79. The number of ether oxygens (including phenoxy) is 1. The second kappa shape index (κ2) is 5.59. The molecule has 5 fully saturated rings. The molecule has 1 heterocycles. The normalized spacial score (nSPS) is 55.4. The van der Waals surface area contributed by atoms with Crippen LogP contribution in [0.5, 0.6) is 0 Å². The summed E-state index contributed by atoms with van der Waals surface area (Å²) in [6.07, 6.45) is 16.1. The Hall–Kier alpha value is -0.890. The lowest BCUT2D eigenvalue weighted by Gasteiger charge is -2.60. The van der Waals surface area contributed by atoms with Crippen LogP contribution in [0.4, 0.5) is 0 Å². The molecule has 146 valence electrons. The van der Waals surface area contributed by atoms with Crippen LogP contribution in [-0.2, 0) is 4.74 Å². The molecule has 6 unspecified atom stereocenters. The van der Waals surface area contributed by atoms with Gasteiger partial charge >= 0.3 is 0 Å². The zero-order valence-electron chi connectivity index (χ0n) is 16.9. The fourth-order valence-corrected chi connectivity index (χ4v) is 9.48. The lowest BCUT2D eigenvalue weighted by molar-refractivity contribution is -0.163. The molecular formula is C25H35NO. The van der Waals surface area contributed by atoms with E-state index < -0.39 is 0 Å². The Balaban J connectivity index is 1.44. The van der Waals surface area contributed by atoms with Gasteiger partial charge in [0.1, 0.15) is 0 Å². The van der Waals surface area contributed by atoms with Crippen LogP contribution in [0, 0.1) is 52.2 Å². The van der Waals surface area contributed by atoms with Crippen LogP contribution in [0.15, 0.2) is 24.3 Å². The van der Waals surface area contributed by atoms with Gasteiger partial charge in [0, 0.05) is 17.7 Å². The van der Waals surface area contributed by atoms with E-state index in [0.29, 0.717) is 11.3 Å². The molecule has 5 aliphatic carbocycles. The Morgan fingerprint density at radius 3 is 2.93 bits per heavy atom. The lowest BCUT2D eigenvalue weighted by atomic mass is 9.45. The van der Waals surface area contributed by atoms with Gasteiger partial charge in [0.05, 0.1) is 5.60 Å². The SMILES string of the molecule is C=CC1CC2=CC(=N)CC[C@@H]2C2CC[C@@]3(CC)C(C4CC4[C@@]34CCCO4)C12. The molecule has 6 aliphatic rings. The third kappa shape index (κ3) is 1.94. The average molecular weight is 366 g/mol. The van der Waals surface area contributed by atoms with Gasteiger partial charge in [0.2, 0.25) is 0 Å². The highest BCUT2D eigenvalue weighted by atomic mass is 16.5. The summed E-state index contributed by atoms with van der Waals surface area (Å²) in [7, 11) is 0. The number of hydrogen-bond donors (Lipinski definition) is 1. The molecule has 0 aromatic heterocycles. The minimum Gasteiger partial charge on any atom is -0.374 e. The second-order valence-corrected chi connectivity index (χ2v) is 10.7. The molecule has 27 heavy (non-hydrogen) atoms. The number of fused-ring (bicyclic) bond motifs is 9. The maximum atomic E-state index is 8.17. The van der Waals surface area contributed by atoms with Crippen LogP contribution in [0.25, 0.3) is 0 Å². The Kier molecular flexibility index (Phi) is 3.52. The highest BCUT2D eigenvalue weighted by Crippen LogP contribution is 2.79. The zero-order chi connectivity index (χ0) is 18.4. The number of rotatable bonds is 2. The Bertz CT molecular complexity index is 716. The second-order valence-electron chi connectivity index (χ2n) is 10.7. The Labute approximate surface area is 164 Å². The van der Waals surface area contributed by atoms with Gasteiger partial charge in [-0.3, -0.25) is 0 Å². The van der Waals surface area contributed by atoms with Crippen LogP contribution in [0.1, 0.15) is 64.7 Å². The molecule has 0 aromatic carbocycles. The van der Waals surface area contributed by atoms with Gasteiger partial charge in [-0.25, -0.2) is 0 Å². The van der Waals surface area contributed by atoms with E-state index in [9.17, 15) is 0 Å². The minimum absolute atomic E-state index is 0.235. The lowest BCUT2D eigenvalue weighted by Crippen LogP contribution is -2.57. The van der Waals surface area contributed by atoms with Gasteiger partial charge in [0.15, 0.2) is 0 Å². The summed E-state index contributed by atoms with van der Waals surface area (Å²) in [5.41, 5.74) is 3.14. The maximum Gasteiger partial charge on any atom is 0.0772 e. The minimum atomic E-state index is 0.235. The first-order valence-electron chi connectivity index (χ1n) is 11.7. The molecule has 6 rings (SSSR count). The van der Waals surface area contributed by atoms with Gasteiger partial charge in [-0.2, -0.15) is 0 Å². The van der Waals surface area contributed by atoms with Crippen LogP contribution < -0.4 is 0 Å². The summed E-state index contributed by atoms with van der Waals surface area (Å²) in [5.74, 6) is 5.71. The maximum absolute atomic E-state index is 8.17. The van der Waals surface area contributed by atoms with Crippen LogP contribution in [0.2, 0.25) is 0 Å². The predicted molar refractivity (Wildman–Crippen MR) is 109 cm³/mol. The van der Waals surface area contributed by atoms with Crippen molar-refractivity contribution in [3.8, 4) is 0 Å². The molecule has 1 spiro atoms. The summed E-state index contributed by atoms with van der Waals surface area (Å²) in [5, 5.41) is 8.17. The van der Waals surface area contributed by atoms with Gasteiger partial charge in [-0.1, -0.05) is 18.6 Å². The molecule has 2 heteroatoms. The molecule has 0 radical (unpaired) electrons. The van der Waals surface area contributed by atoms with E-state index in [0.717, 1.165) is 54.2 Å². The first-order chi connectivity index (χ1) is 13.1. The van der Waals surface area contributed by atoms with E-state index in [4.69, 9.17) is 10.1 Å². The van der Waals surface area contributed by atoms with Gasteiger partial charge in [-0.05, 0) is 105 Å². The summed E-state index contributed by atoms with van der Waals surface area (Å²) in [6, 6.07) is 0. The first-order valence-corrected chi connectivity index (χ1v) is 11.7. The van der Waals surface area contributed by atoms with E-state index in [1.165, 1.54) is 51.4 Å². The van der Waals surface area contributed by atoms with Crippen molar-refractivity contribution in [3.63, 3.8) is 0 Å². The van der Waals surface area contributed by atoms with Crippen molar-refractivity contribution in [1.82, 2.24) is 0 Å². The first kappa shape index (κ1) is 17.0. The predicted octanol–water partition coefficient (Wildman–Crippen LogP) is 5.79.